The molecule has 0 atom stereocenters. The average Bonchev–Trinajstić information content (AvgIpc) is 3.27. The van der Waals surface area contributed by atoms with Crippen molar-refractivity contribution in [2.45, 2.75) is 0 Å². The first-order valence-electron chi connectivity index (χ1n) is 8.62. The van der Waals surface area contributed by atoms with Crippen molar-refractivity contribution in [1.29, 1.82) is 0 Å². The predicted molar refractivity (Wildman–Crippen MR) is 108 cm³/mol. The Kier molecular flexibility index (Phi) is 6.47. The van der Waals surface area contributed by atoms with Crippen LogP contribution in [0.2, 0.25) is 0 Å². The molecular weight excluding hydrogens is 390 g/mol. The highest BCUT2D eigenvalue weighted by molar-refractivity contribution is 5.95. The van der Waals surface area contributed by atoms with Crippen LogP contribution in [0.5, 0.6) is 5.75 Å². The Labute approximate surface area is 170 Å². The summed E-state index contributed by atoms with van der Waals surface area (Å²) in [6, 6.07) is 15.0. The molecule has 30 heavy (non-hydrogen) atoms. The molecule has 2 aromatic carbocycles. The zero-order valence-corrected chi connectivity index (χ0v) is 15.4. The fourth-order valence-electron chi connectivity index (χ4n) is 2.27. The van der Waals surface area contributed by atoms with Gasteiger partial charge in [-0.05, 0) is 60.2 Å². The molecule has 0 radical (unpaired) electrons. The third kappa shape index (κ3) is 5.73. The standard InChI is InChI=1S/C21H15N3O6/c25-20(12-11-18-2-1-13-29-18)30-19-9-3-15(4-10-19)14-22-23-21(26)16-5-7-17(8-6-16)24(27)28/h1-14H,(H,23,26)/b12-11+,22-14-. The molecule has 150 valence electrons. The molecule has 0 unspecified atom stereocenters. The van der Waals surface area contributed by atoms with Crippen molar-refractivity contribution in [2.75, 3.05) is 0 Å². The Morgan fingerprint density at radius 3 is 2.43 bits per heavy atom. The van der Waals surface area contributed by atoms with Gasteiger partial charge in [0.15, 0.2) is 0 Å². The maximum absolute atomic E-state index is 12.0. The van der Waals surface area contributed by atoms with Crippen LogP contribution in [0.3, 0.4) is 0 Å². The van der Waals surface area contributed by atoms with Crippen LogP contribution in [0.4, 0.5) is 5.69 Å². The van der Waals surface area contributed by atoms with Crippen LogP contribution >= 0.6 is 0 Å². The maximum atomic E-state index is 12.0. The predicted octanol–water partition coefficient (Wildman–Crippen LogP) is 3.57. The summed E-state index contributed by atoms with van der Waals surface area (Å²) in [6.07, 6.45) is 5.66. The van der Waals surface area contributed by atoms with Crippen molar-refractivity contribution >= 4 is 29.9 Å². The molecule has 9 nitrogen and oxygen atoms in total. The van der Waals surface area contributed by atoms with Gasteiger partial charge in [-0.1, -0.05) is 0 Å². The van der Waals surface area contributed by atoms with E-state index >= 15 is 0 Å². The highest BCUT2D eigenvalue weighted by atomic mass is 16.6. The molecular formula is C21H15N3O6. The number of hydrazone groups is 1. The highest BCUT2D eigenvalue weighted by Gasteiger charge is 2.08. The van der Waals surface area contributed by atoms with E-state index in [0.29, 0.717) is 17.1 Å². The van der Waals surface area contributed by atoms with E-state index in [1.54, 1.807) is 36.4 Å². The molecule has 0 spiro atoms. The number of nitro benzene ring substituents is 1. The molecule has 0 fully saturated rings. The van der Waals surface area contributed by atoms with Crippen LogP contribution in [0.15, 0.2) is 82.5 Å². The first-order valence-corrected chi connectivity index (χ1v) is 8.62. The number of nitrogens with zero attached hydrogens (tertiary/aromatic N) is 2. The number of hydrogen-bond acceptors (Lipinski definition) is 7. The van der Waals surface area contributed by atoms with Gasteiger partial charge in [0.05, 0.1) is 17.4 Å². The van der Waals surface area contributed by atoms with Crippen LogP contribution in [0.25, 0.3) is 6.08 Å². The fourth-order valence-corrected chi connectivity index (χ4v) is 2.27. The van der Waals surface area contributed by atoms with Crippen molar-refractivity contribution in [3.63, 3.8) is 0 Å². The first-order chi connectivity index (χ1) is 14.5. The lowest BCUT2D eigenvalue weighted by Crippen LogP contribution is -2.17. The third-order valence-electron chi connectivity index (χ3n) is 3.75. The Hall–Kier alpha value is -4.53. The van der Waals surface area contributed by atoms with E-state index in [-0.39, 0.29) is 11.3 Å². The quantitative estimate of drug-likeness (QED) is 0.160. The van der Waals surface area contributed by atoms with Crippen molar-refractivity contribution < 1.29 is 23.7 Å². The zero-order chi connectivity index (χ0) is 21.3. The van der Waals surface area contributed by atoms with E-state index in [1.807, 2.05) is 0 Å². The summed E-state index contributed by atoms with van der Waals surface area (Å²) >= 11 is 0. The van der Waals surface area contributed by atoms with Gasteiger partial charge in [0.25, 0.3) is 11.6 Å². The number of ether oxygens (including phenoxy) is 1. The summed E-state index contributed by atoms with van der Waals surface area (Å²) in [4.78, 5) is 33.8. The summed E-state index contributed by atoms with van der Waals surface area (Å²) in [5.41, 5.74) is 3.12. The number of esters is 1. The normalized spacial score (nSPS) is 10.9. The van der Waals surface area contributed by atoms with E-state index in [0.717, 1.165) is 0 Å². The molecule has 0 aliphatic carbocycles. The van der Waals surface area contributed by atoms with E-state index in [9.17, 15) is 19.7 Å². The fraction of sp³-hybridized carbons (Fsp3) is 0. The molecule has 0 aliphatic heterocycles. The molecule has 0 bridgehead atoms. The highest BCUT2D eigenvalue weighted by Crippen LogP contribution is 2.13. The van der Waals surface area contributed by atoms with Gasteiger partial charge in [0.1, 0.15) is 11.5 Å². The number of benzene rings is 2. The monoisotopic (exact) mass is 405 g/mol. The van der Waals surface area contributed by atoms with Gasteiger partial charge in [0.2, 0.25) is 0 Å². The van der Waals surface area contributed by atoms with Gasteiger partial charge in [-0.2, -0.15) is 5.10 Å². The minimum Gasteiger partial charge on any atom is -0.465 e. The van der Waals surface area contributed by atoms with E-state index in [4.69, 9.17) is 9.15 Å². The van der Waals surface area contributed by atoms with Crippen molar-refractivity contribution in [3.05, 3.63) is 100 Å². The number of nitrogens with one attached hydrogen (secondary N) is 1. The molecule has 1 aromatic heterocycles. The molecule has 0 saturated heterocycles. The topological polar surface area (TPSA) is 124 Å². The van der Waals surface area contributed by atoms with Gasteiger partial charge in [-0.15, -0.1) is 0 Å². The largest absolute Gasteiger partial charge is 0.465 e. The van der Waals surface area contributed by atoms with Crippen LogP contribution < -0.4 is 10.2 Å². The smallest absolute Gasteiger partial charge is 0.336 e. The first kappa shape index (κ1) is 20.2. The Bertz CT molecular complexity index is 1080. The number of hydrogen-bond donors (Lipinski definition) is 1. The molecule has 9 heteroatoms. The van der Waals surface area contributed by atoms with Gasteiger partial charge in [-0.25, -0.2) is 10.2 Å². The number of furan rings is 1. The summed E-state index contributed by atoms with van der Waals surface area (Å²) in [6.45, 7) is 0. The SMILES string of the molecule is O=C(/C=C/c1ccco1)Oc1ccc(/C=N\NC(=O)c2ccc([N+](=O)[O-])cc2)cc1. The van der Waals surface area contributed by atoms with Gasteiger partial charge < -0.3 is 9.15 Å². The second kappa shape index (κ2) is 9.60. The lowest BCUT2D eigenvalue weighted by Gasteiger charge is -2.02. The minimum atomic E-state index is -0.553. The van der Waals surface area contributed by atoms with Crippen molar-refractivity contribution in [1.82, 2.24) is 5.43 Å². The molecule has 1 heterocycles. The molecule has 0 aliphatic rings. The number of rotatable bonds is 7. The van der Waals surface area contributed by atoms with Crippen molar-refractivity contribution in [3.8, 4) is 5.75 Å². The number of non-ortho nitro benzene ring substituents is 1. The average molecular weight is 405 g/mol. The molecule has 3 rings (SSSR count). The van der Waals surface area contributed by atoms with E-state index < -0.39 is 16.8 Å². The number of carbonyl (C=O) groups is 2. The lowest BCUT2D eigenvalue weighted by atomic mass is 10.2. The zero-order valence-electron chi connectivity index (χ0n) is 15.4. The molecule has 0 saturated carbocycles. The Balaban J connectivity index is 1.51. The molecule has 1 amide bonds. The number of carbonyl (C=O) groups excluding carboxylic acids is 2. The maximum Gasteiger partial charge on any atom is 0.336 e. The van der Waals surface area contributed by atoms with Gasteiger partial charge in [0, 0.05) is 23.8 Å². The number of amides is 1. The summed E-state index contributed by atoms with van der Waals surface area (Å²) in [7, 11) is 0. The van der Waals surface area contributed by atoms with Crippen LogP contribution in [-0.2, 0) is 4.79 Å². The van der Waals surface area contributed by atoms with Gasteiger partial charge >= 0.3 is 5.97 Å². The second-order valence-electron chi connectivity index (χ2n) is 5.84. The van der Waals surface area contributed by atoms with Crippen LogP contribution in [-0.4, -0.2) is 23.0 Å². The second-order valence-corrected chi connectivity index (χ2v) is 5.84. The Morgan fingerprint density at radius 2 is 1.80 bits per heavy atom. The summed E-state index contributed by atoms with van der Waals surface area (Å²) in [5.74, 6) is -0.177. The number of nitro groups is 1. The van der Waals surface area contributed by atoms with Crippen LogP contribution in [0.1, 0.15) is 21.7 Å². The Morgan fingerprint density at radius 1 is 1.07 bits per heavy atom. The summed E-state index contributed by atoms with van der Waals surface area (Å²) in [5, 5.41) is 14.5. The lowest BCUT2D eigenvalue weighted by molar-refractivity contribution is -0.384. The molecule has 3 aromatic rings. The molecule has 1 N–H and O–H groups in total. The third-order valence-corrected chi connectivity index (χ3v) is 3.75. The minimum absolute atomic E-state index is 0.104. The van der Waals surface area contributed by atoms with Gasteiger partial charge in [-0.3, -0.25) is 14.9 Å². The summed E-state index contributed by atoms with van der Waals surface area (Å²) < 4.78 is 10.2. The van der Waals surface area contributed by atoms with Crippen molar-refractivity contribution in [2.24, 2.45) is 5.10 Å². The van der Waals surface area contributed by atoms with Crippen LogP contribution in [0, 0.1) is 10.1 Å². The van der Waals surface area contributed by atoms with E-state index in [1.165, 1.54) is 48.9 Å². The van der Waals surface area contributed by atoms with E-state index in [2.05, 4.69) is 10.5 Å².